The SMILES string of the molecule is O=C(NC[C@H]1CCCO1)Nc1nnc(C2CCCCC2)s1. The van der Waals surface area contributed by atoms with E-state index in [9.17, 15) is 4.79 Å². The van der Waals surface area contributed by atoms with Gasteiger partial charge in [0.2, 0.25) is 5.13 Å². The zero-order valence-electron chi connectivity index (χ0n) is 12.1. The maximum absolute atomic E-state index is 11.8. The topological polar surface area (TPSA) is 76.1 Å². The second-order valence-corrected chi connectivity index (χ2v) is 6.76. The third kappa shape index (κ3) is 4.14. The maximum Gasteiger partial charge on any atom is 0.321 e. The fraction of sp³-hybridized carbons (Fsp3) is 0.786. The monoisotopic (exact) mass is 310 g/mol. The third-order valence-electron chi connectivity index (χ3n) is 4.13. The highest BCUT2D eigenvalue weighted by atomic mass is 32.1. The van der Waals surface area contributed by atoms with Crippen molar-refractivity contribution in [3.8, 4) is 0 Å². The van der Waals surface area contributed by atoms with Gasteiger partial charge in [0.15, 0.2) is 0 Å². The normalized spacial score (nSPS) is 23.1. The van der Waals surface area contributed by atoms with Crippen molar-refractivity contribution in [1.29, 1.82) is 0 Å². The van der Waals surface area contributed by atoms with Crippen LogP contribution in [0.5, 0.6) is 0 Å². The summed E-state index contributed by atoms with van der Waals surface area (Å²) >= 11 is 1.50. The minimum absolute atomic E-state index is 0.156. The summed E-state index contributed by atoms with van der Waals surface area (Å²) in [7, 11) is 0. The predicted octanol–water partition coefficient (Wildman–Crippen LogP) is 2.89. The van der Waals surface area contributed by atoms with Crippen molar-refractivity contribution in [2.45, 2.75) is 57.0 Å². The molecule has 2 aliphatic rings. The van der Waals surface area contributed by atoms with E-state index in [-0.39, 0.29) is 12.1 Å². The molecule has 0 radical (unpaired) electrons. The average Bonchev–Trinajstić information content (AvgIpc) is 3.17. The van der Waals surface area contributed by atoms with Crippen molar-refractivity contribution in [2.75, 3.05) is 18.5 Å². The lowest BCUT2D eigenvalue weighted by molar-refractivity contribution is 0.112. The number of anilines is 1. The van der Waals surface area contributed by atoms with Crippen LogP contribution in [0.15, 0.2) is 0 Å². The molecule has 2 N–H and O–H groups in total. The number of ether oxygens (including phenoxy) is 1. The van der Waals surface area contributed by atoms with E-state index >= 15 is 0 Å². The fourth-order valence-electron chi connectivity index (χ4n) is 2.95. The smallest absolute Gasteiger partial charge is 0.321 e. The lowest BCUT2D eigenvalue weighted by Crippen LogP contribution is -2.34. The van der Waals surface area contributed by atoms with Gasteiger partial charge in [-0.1, -0.05) is 30.6 Å². The third-order valence-corrected chi connectivity index (χ3v) is 5.13. The van der Waals surface area contributed by atoms with E-state index in [2.05, 4.69) is 20.8 Å². The Bertz CT molecular complexity index is 467. The van der Waals surface area contributed by atoms with Gasteiger partial charge in [0.05, 0.1) is 6.10 Å². The van der Waals surface area contributed by atoms with E-state index in [1.807, 2.05) is 0 Å². The van der Waals surface area contributed by atoms with Crippen LogP contribution in [0.4, 0.5) is 9.93 Å². The second kappa shape index (κ2) is 7.17. The Hall–Kier alpha value is -1.21. The van der Waals surface area contributed by atoms with Crippen LogP contribution in [0.25, 0.3) is 0 Å². The number of hydrogen-bond acceptors (Lipinski definition) is 5. The molecule has 0 spiro atoms. The van der Waals surface area contributed by atoms with Crippen LogP contribution >= 0.6 is 11.3 Å². The Kier molecular flexibility index (Phi) is 5.03. The maximum atomic E-state index is 11.8. The van der Waals surface area contributed by atoms with Gasteiger partial charge in [0, 0.05) is 19.1 Å². The van der Waals surface area contributed by atoms with E-state index in [0.717, 1.165) is 24.5 Å². The highest BCUT2D eigenvalue weighted by Gasteiger charge is 2.20. The van der Waals surface area contributed by atoms with Crippen LogP contribution in [-0.4, -0.2) is 35.5 Å². The Balaban J connectivity index is 1.45. The fourth-order valence-corrected chi connectivity index (χ4v) is 3.86. The Morgan fingerprint density at radius 2 is 2.05 bits per heavy atom. The zero-order valence-corrected chi connectivity index (χ0v) is 13.0. The quantitative estimate of drug-likeness (QED) is 0.896. The van der Waals surface area contributed by atoms with Crippen LogP contribution in [0.1, 0.15) is 55.9 Å². The molecule has 0 bridgehead atoms. The van der Waals surface area contributed by atoms with Gasteiger partial charge in [-0.3, -0.25) is 5.32 Å². The number of amides is 2. The van der Waals surface area contributed by atoms with Gasteiger partial charge in [-0.25, -0.2) is 4.79 Å². The van der Waals surface area contributed by atoms with Crippen LogP contribution in [-0.2, 0) is 4.74 Å². The molecule has 116 valence electrons. The molecule has 1 aromatic rings. The summed E-state index contributed by atoms with van der Waals surface area (Å²) in [6.45, 7) is 1.36. The average molecular weight is 310 g/mol. The molecule has 1 saturated carbocycles. The van der Waals surface area contributed by atoms with Gasteiger partial charge in [-0.05, 0) is 25.7 Å². The molecule has 1 aliphatic heterocycles. The molecule has 7 heteroatoms. The number of urea groups is 1. The summed E-state index contributed by atoms with van der Waals surface area (Å²) in [6, 6.07) is -0.225. The summed E-state index contributed by atoms with van der Waals surface area (Å²) in [6.07, 6.45) is 8.51. The minimum Gasteiger partial charge on any atom is -0.376 e. The molecule has 1 atom stereocenters. The molecule has 3 rings (SSSR count). The van der Waals surface area contributed by atoms with Gasteiger partial charge in [-0.15, -0.1) is 10.2 Å². The molecule has 0 unspecified atom stereocenters. The molecule has 1 saturated heterocycles. The number of hydrogen-bond donors (Lipinski definition) is 2. The lowest BCUT2D eigenvalue weighted by atomic mass is 9.90. The molecule has 21 heavy (non-hydrogen) atoms. The standard InChI is InChI=1S/C14H22N4O2S/c19-13(15-9-11-7-4-8-20-11)16-14-18-17-12(21-14)10-5-2-1-3-6-10/h10-11H,1-9H2,(H2,15,16,18,19)/t11-/m1/s1. The summed E-state index contributed by atoms with van der Waals surface area (Å²) in [5.74, 6) is 0.529. The van der Waals surface area contributed by atoms with Gasteiger partial charge in [0.25, 0.3) is 0 Å². The van der Waals surface area contributed by atoms with Crippen LogP contribution in [0.2, 0.25) is 0 Å². The number of nitrogens with one attached hydrogen (secondary N) is 2. The molecule has 2 fully saturated rings. The molecule has 2 heterocycles. The number of nitrogens with zero attached hydrogens (tertiary/aromatic N) is 2. The molecular formula is C14H22N4O2S. The van der Waals surface area contributed by atoms with Gasteiger partial charge < -0.3 is 10.1 Å². The van der Waals surface area contributed by atoms with E-state index in [4.69, 9.17) is 4.74 Å². The first-order valence-electron chi connectivity index (χ1n) is 7.81. The van der Waals surface area contributed by atoms with Crippen molar-refractivity contribution >= 4 is 22.5 Å². The van der Waals surface area contributed by atoms with Crippen molar-refractivity contribution in [3.05, 3.63) is 5.01 Å². The highest BCUT2D eigenvalue weighted by molar-refractivity contribution is 7.15. The zero-order chi connectivity index (χ0) is 14.5. The van der Waals surface area contributed by atoms with Crippen molar-refractivity contribution in [1.82, 2.24) is 15.5 Å². The Labute approximate surface area is 128 Å². The van der Waals surface area contributed by atoms with Gasteiger partial charge in [-0.2, -0.15) is 0 Å². The Morgan fingerprint density at radius 3 is 2.81 bits per heavy atom. The summed E-state index contributed by atoms with van der Waals surface area (Å²) in [5, 5.41) is 15.5. The van der Waals surface area contributed by atoms with Crippen LogP contribution in [0.3, 0.4) is 0 Å². The lowest BCUT2D eigenvalue weighted by Gasteiger charge is -2.18. The first-order chi connectivity index (χ1) is 10.3. The molecule has 0 aromatic carbocycles. The van der Waals surface area contributed by atoms with Gasteiger partial charge in [0.1, 0.15) is 5.01 Å². The highest BCUT2D eigenvalue weighted by Crippen LogP contribution is 2.35. The van der Waals surface area contributed by atoms with Crippen molar-refractivity contribution in [2.24, 2.45) is 0 Å². The molecule has 1 aromatic heterocycles. The summed E-state index contributed by atoms with van der Waals surface area (Å²) in [4.78, 5) is 11.8. The van der Waals surface area contributed by atoms with Crippen molar-refractivity contribution in [3.63, 3.8) is 0 Å². The number of rotatable bonds is 4. The number of carbonyl (C=O) groups is 1. The van der Waals surface area contributed by atoms with Crippen LogP contribution < -0.4 is 10.6 Å². The molecule has 1 aliphatic carbocycles. The van der Waals surface area contributed by atoms with E-state index < -0.39 is 0 Å². The molecule has 6 nitrogen and oxygen atoms in total. The van der Waals surface area contributed by atoms with E-state index in [1.54, 1.807) is 0 Å². The summed E-state index contributed by atoms with van der Waals surface area (Å²) in [5.41, 5.74) is 0. The van der Waals surface area contributed by atoms with Crippen molar-refractivity contribution < 1.29 is 9.53 Å². The van der Waals surface area contributed by atoms with E-state index in [0.29, 0.717) is 17.6 Å². The number of carbonyl (C=O) groups excluding carboxylic acids is 1. The van der Waals surface area contributed by atoms with Crippen LogP contribution in [0, 0.1) is 0 Å². The van der Waals surface area contributed by atoms with E-state index in [1.165, 1.54) is 43.4 Å². The summed E-state index contributed by atoms with van der Waals surface area (Å²) < 4.78 is 5.47. The second-order valence-electron chi connectivity index (χ2n) is 5.75. The molecular weight excluding hydrogens is 288 g/mol. The van der Waals surface area contributed by atoms with Gasteiger partial charge >= 0.3 is 6.03 Å². The largest absolute Gasteiger partial charge is 0.376 e. The minimum atomic E-state index is -0.225. The first-order valence-corrected chi connectivity index (χ1v) is 8.63. The number of aromatic nitrogens is 2. The Morgan fingerprint density at radius 1 is 1.19 bits per heavy atom. The predicted molar refractivity (Wildman–Crippen MR) is 81.7 cm³/mol. The first kappa shape index (κ1) is 14.7. The molecule has 2 amide bonds.